The molecule has 172 valence electrons. The zero-order valence-electron chi connectivity index (χ0n) is 20.4. The predicted molar refractivity (Wildman–Crippen MR) is 138 cm³/mol. The van der Waals surface area contributed by atoms with E-state index in [0.29, 0.717) is 0 Å². The van der Waals surface area contributed by atoms with Crippen LogP contribution in [0.3, 0.4) is 0 Å². The lowest BCUT2D eigenvalue weighted by Crippen LogP contribution is -2.51. The minimum Gasteiger partial charge on any atom is -0.287 e. The third-order valence-corrected chi connectivity index (χ3v) is 12.1. The molecule has 0 N–H and O–H groups in total. The van der Waals surface area contributed by atoms with Gasteiger partial charge in [0.25, 0.3) is 0 Å². The Bertz CT molecular complexity index is 660. The van der Waals surface area contributed by atoms with E-state index in [1.54, 1.807) is 0 Å². The van der Waals surface area contributed by atoms with Gasteiger partial charge in [-0.2, -0.15) is 0 Å². The molecule has 4 rings (SSSR count). The maximum Gasteiger partial charge on any atom is 0.0372 e. The van der Waals surface area contributed by atoms with Gasteiger partial charge in [-0.3, -0.25) is 4.90 Å². The number of hydrogen-bond donors (Lipinski definition) is 0. The number of rotatable bonds is 7. The van der Waals surface area contributed by atoms with Crippen molar-refractivity contribution in [2.75, 3.05) is 0 Å². The Morgan fingerprint density at radius 3 is 1.90 bits per heavy atom. The molecule has 0 amide bonds. The second-order valence-corrected chi connectivity index (χ2v) is 14.3. The topological polar surface area (TPSA) is 3.24 Å². The molecule has 0 radical (unpaired) electrons. The van der Waals surface area contributed by atoms with E-state index in [-0.39, 0.29) is 13.5 Å². The summed E-state index contributed by atoms with van der Waals surface area (Å²) in [5.41, 5.74) is 3.70. The fourth-order valence-electron chi connectivity index (χ4n) is 6.51. The van der Waals surface area contributed by atoms with Crippen LogP contribution in [-0.2, 0) is 6.54 Å². The van der Waals surface area contributed by atoms with Crippen LogP contribution in [0, 0.1) is 5.92 Å². The molecule has 0 aromatic heterocycles. The lowest BCUT2D eigenvalue weighted by Gasteiger charge is -2.53. The van der Waals surface area contributed by atoms with Crippen LogP contribution in [0.2, 0.25) is 0 Å². The number of benzene rings is 1. The first-order chi connectivity index (χ1) is 15.0. The summed E-state index contributed by atoms with van der Waals surface area (Å²) in [6, 6.07) is 11.3. The molecular weight excluding hydrogens is 393 g/mol. The first-order valence-corrected chi connectivity index (χ1v) is 14.8. The fraction of sp³-hybridized carbons (Fsp3) is 0.724. The summed E-state index contributed by atoms with van der Waals surface area (Å²) >= 11 is 0. The van der Waals surface area contributed by atoms with Crippen LogP contribution in [-0.4, -0.2) is 27.5 Å². The molecule has 0 bridgehead atoms. The Morgan fingerprint density at radius 2 is 1.42 bits per heavy atom. The van der Waals surface area contributed by atoms with E-state index in [1.807, 2.05) is 0 Å². The van der Waals surface area contributed by atoms with Gasteiger partial charge in [0.05, 0.1) is 0 Å². The van der Waals surface area contributed by atoms with Crippen molar-refractivity contribution in [3.8, 4) is 0 Å². The molecular formula is C29H46NP. The van der Waals surface area contributed by atoms with Crippen molar-refractivity contribution in [2.24, 2.45) is 5.92 Å². The predicted octanol–water partition coefficient (Wildman–Crippen LogP) is 8.73. The number of hydrogen-bond acceptors (Lipinski definition) is 1. The van der Waals surface area contributed by atoms with E-state index in [1.165, 1.54) is 82.6 Å². The number of allylic oxidation sites excluding steroid dienone is 1. The Balaban J connectivity index is 1.72. The van der Waals surface area contributed by atoms with Crippen LogP contribution in [0.4, 0.5) is 0 Å². The van der Waals surface area contributed by atoms with Crippen molar-refractivity contribution in [1.29, 1.82) is 0 Å². The summed E-state index contributed by atoms with van der Waals surface area (Å²) < 4.78 is 0. The molecule has 3 aliphatic rings. The summed E-state index contributed by atoms with van der Waals surface area (Å²) in [6.07, 6.45) is 22.7. The van der Waals surface area contributed by atoms with Crippen molar-refractivity contribution in [3.63, 3.8) is 0 Å². The summed E-state index contributed by atoms with van der Waals surface area (Å²) in [6.45, 7) is 8.56. The average Bonchev–Trinajstić information content (AvgIpc) is 3.32. The standard InChI is InChI=1S/C29H46NP/c1-29(2,3)30(23-24-15-7-4-8-16-24)28(25-17-13-14-18-25)31(26-19-9-5-10-20-26)27-21-11-6-12-22-27/h4,7-8,13,15-17,25-28H,5-6,9-12,14,18-23H2,1-3H3/t25-,28?/m0/s1. The van der Waals surface area contributed by atoms with Gasteiger partial charge in [0.2, 0.25) is 0 Å². The van der Waals surface area contributed by atoms with Crippen molar-refractivity contribution < 1.29 is 0 Å². The average molecular weight is 440 g/mol. The van der Waals surface area contributed by atoms with Gasteiger partial charge in [-0.15, -0.1) is 0 Å². The normalized spacial score (nSPS) is 24.9. The van der Waals surface area contributed by atoms with Crippen molar-refractivity contribution in [1.82, 2.24) is 4.90 Å². The highest BCUT2D eigenvalue weighted by atomic mass is 31.1. The Hall–Kier alpha value is -0.650. The Kier molecular flexibility index (Phi) is 8.33. The Labute approximate surface area is 193 Å². The smallest absolute Gasteiger partial charge is 0.0372 e. The molecule has 0 heterocycles. The fourth-order valence-corrected chi connectivity index (χ4v) is 11.3. The lowest BCUT2D eigenvalue weighted by atomic mass is 9.99. The molecule has 31 heavy (non-hydrogen) atoms. The van der Waals surface area contributed by atoms with E-state index in [4.69, 9.17) is 0 Å². The SMILES string of the molecule is CC(C)(C)N(Cc1ccccc1)C([C@H]1C=CCC1)P(C1CCCCC1)C1CCCCC1. The maximum atomic E-state index is 2.98. The van der Waals surface area contributed by atoms with Crippen LogP contribution >= 0.6 is 7.92 Å². The third kappa shape index (κ3) is 6.03. The second kappa shape index (κ2) is 11.0. The molecule has 1 aromatic carbocycles. The van der Waals surface area contributed by atoms with Gasteiger partial charge in [-0.1, -0.05) is 88.9 Å². The minimum atomic E-state index is 0.00339. The lowest BCUT2D eigenvalue weighted by molar-refractivity contribution is 0.0904. The molecule has 2 heteroatoms. The van der Waals surface area contributed by atoms with Crippen LogP contribution in [0.5, 0.6) is 0 Å². The van der Waals surface area contributed by atoms with Gasteiger partial charge in [0, 0.05) is 17.9 Å². The summed E-state index contributed by atoms with van der Waals surface area (Å²) in [4.78, 5) is 2.98. The molecule has 1 nitrogen and oxygen atoms in total. The molecule has 2 saturated carbocycles. The first-order valence-electron chi connectivity index (χ1n) is 13.3. The first kappa shape index (κ1) is 23.5. The number of nitrogens with zero attached hydrogens (tertiary/aromatic N) is 1. The molecule has 1 aromatic rings. The van der Waals surface area contributed by atoms with Gasteiger partial charge >= 0.3 is 0 Å². The summed E-state index contributed by atoms with van der Waals surface area (Å²) in [5.74, 6) is 1.51. The molecule has 2 atom stereocenters. The van der Waals surface area contributed by atoms with E-state index >= 15 is 0 Å². The van der Waals surface area contributed by atoms with Gasteiger partial charge < -0.3 is 0 Å². The molecule has 0 aliphatic heterocycles. The highest BCUT2D eigenvalue weighted by Gasteiger charge is 2.44. The van der Waals surface area contributed by atoms with Crippen LogP contribution in [0.25, 0.3) is 0 Å². The molecule has 1 unspecified atom stereocenters. The summed E-state index contributed by atoms with van der Waals surface area (Å²) in [7, 11) is 0.00339. The van der Waals surface area contributed by atoms with Gasteiger partial charge in [-0.25, -0.2) is 0 Å². The molecule has 0 saturated heterocycles. The van der Waals surface area contributed by atoms with Crippen molar-refractivity contribution in [2.45, 2.75) is 127 Å². The highest BCUT2D eigenvalue weighted by molar-refractivity contribution is 7.59. The summed E-state index contributed by atoms with van der Waals surface area (Å²) in [5, 5.41) is 0. The highest BCUT2D eigenvalue weighted by Crippen LogP contribution is 2.63. The maximum absolute atomic E-state index is 2.98. The largest absolute Gasteiger partial charge is 0.287 e. The van der Waals surface area contributed by atoms with Crippen LogP contribution < -0.4 is 0 Å². The monoisotopic (exact) mass is 439 g/mol. The molecule has 3 aliphatic carbocycles. The van der Waals surface area contributed by atoms with Gasteiger partial charge in [0.15, 0.2) is 0 Å². The van der Waals surface area contributed by atoms with Crippen LogP contribution in [0.1, 0.15) is 103 Å². The molecule has 2 fully saturated rings. The van der Waals surface area contributed by atoms with E-state index in [0.717, 1.165) is 29.6 Å². The minimum absolute atomic E-state index is 0.00339. The quantitative estimate of drug-likeness (QED) is 0.303. The van der Waals surface area contributed by atoms with Crippen molar-refractivity contribution >= 4 is 7.92 Å². The van der Waals surface area contributed by atoms with Crippen molar-refractivity contribution in [3.05, 3.63) is 48.0 Å². The second-order valence-electron chi connectivity index (χ2n) is 11.4. The Morgan fingerprint density at radius 1 is 0.839 bits per heavy atom. The molecule has 0 spiro atoms. The van der Waals surface area contributed by atoms with E-state index < -0.39 is 0 Å². The van der Waals surface area contributed by atoms with Gasteiger partial charge in [0.1, 0.15) is 0 Å². The zero-order chi connectivity index (χ0) is 21.7. The van der Waals surface area contributed by atoms with Crippen LogP contribution in [0.15, 0.2) is 42.5 Å². The van der Waals surface area contributed by atoms with E-state index in [9.17, 15) is 0 Å². The zero-order valence-corrected chi connectivity index (χ0v) is 21.3. The third-order valence-electron chi connectivity index (χ3n) is 8.11. The van der Waals surface area contributed by atoms with E-state index in [2.05, 4.69) is 68.2 Å². The van der Waals surface area contributed by atoms with Gasteiger partial charge in [-0.05, 0) is 82.1 Å².